The first-order valence-electron chi connectivity index (χ1n) is 7.95. The summed E-state index contributed by atoms with van der Waals surface area (Å²) in [6, 6.07) is 8.66. The van der Waals surface area contributed by atoms with Crippen molar-refractivity contribution in [1.29, 1.82) is 0 Å². The molecule has 0 radical (unpaired) electrons. The number of hydrogen-bond donors (Lipinski definition) is 1. The second-order valence-corrected chi connectivity index (χ2v) is 7.49. The van der Waals surface area contributed by atoms with Gasteiger partial charge in [0.2, 0.25) is 0 Å². The molecule has 0 bridgehead atoms. The third-order valence-corrected chi connectivity index (χ3v) is 5.57. The molecule has 1 saturated carbocycles. The minimum Gasteiger partial charge on any atom is -0.390 e. The molecule has 2 atom stereocenters. The van der Waals surface area contributed by atoms with Crippen molar-refractivity contribution in [3.05, 3.63) is 34.9 Å². The van der Waals surface area contributed by atoms with Gasteiger partial charge in [0.05, 0.1) is 5.60 Å². The molecule has 1 aliphatic rings. The van der Waals surface area contributed by atoms with Crippen molar-refractivity contribution in [2.45, 2.75) is 63.0 Å². The molecule has 0 heterocycles. The van der Waals surface area contributed by atoms with E-state index >= 15 is 0 Å². The summed E-state index contributed by atoms with van der Waals surface area (Å²) < 4.78 is 0. The Bertz CT molecular complexity index is 463. The molecule has 0 amide bonds. The lowest BCUT2D eigenvalue weighted by Crippen LogP contribution is -2.54. The lowest BCUT2D eigenvalue weighted by Gasteiger charge is -2.52. The highest BCUT2D eigenvalue weighted by molar-refractivity contribution is 6.30. The van der Waals surface area contributed by atoms with Crippen LogP contribution < -0.4 is 0 Å². The summed E-state index contributed by atoms with van der Waals surface area (Å²) in [5, 5.41) is 11.4. The lowest BCUT2D eigenvalue weighted by molar-refractivity contribution is -0.0122. The average molecular weight is 310 g/mol. The van der Waals surface area contributed by atoms with Crippen LogP contribution in [0.2, 0.25) is 5.02 Å². The zero-order valence-corrected chi connectivity index (χ0v) is 14.5. The fourth-order valence-corrected chi connectivity index (χ4v) is 3.71. The molecule has 0 aliphatic heterocycles. The van der Waals surface area contributed by atoms with Gasteiger partial charge in [0, 0.05) is 16.5 Å². The molecule has 0 spiro atoms. The molecular formula is C18H28ClNO. The smallest absolute Gasteiger partial charge is 0.0632 e. The largest absolute Gasteiger partial charge is 0.390 e. The minimum atomic E-state index is -0.607. The number of rotatable bonds is 6. The minimum absolute atomic E-state index is 0.160. The quantitative estimate of drug-likeness (QED) is 0.849. The van der Waals surface area contributed by atoms with Crippen LogP contribution in [0.25, 0.3) is 0 Å². The van der Waals surface area contributed by atoms with E-state index in [0.29, 0.717) is 6.04 Å². The van der Waals surface area contributed by atoms with Crippen LogP contribution in [0.3, 0.4) is 0 Å². The number of hydrogen-bond acceptors (Lipinski definition) is 2. The summed E-state index contributed by atoms with van der Waals surface area (Å²) >= 11 is 6.04. The summed E-state index contributed by atoms with van der Waals surface area (Å²) in [6.45, 7) is 4.01. The standard InChI is InChI=1S/C18H28ClNO/c1-5-17(2,21)13-16(20(3)4)18(11-6-12-18)14-7-9-15(19)10-8-14/h7-10,16,21H,5-6,11-13H2,1-4H3. The monoisotopic (exact) mass is 309 g/mol. The molecule has 0 aromatic heterocycles. The van der Waals surface area contributed by atoms with Crippen molar-refractivity contribution in [1.82, 2.24) is 4.90 Å². The molecule has 1 aromatic carbocycles. The highest BCUT2D eigenvalue weighted by Gasteiger charge is 2.48. The zero-order chi connectivity index (χ0) is 15.7. The number of halogens is 1. The number of nitrogens with zero attached hydrogens (tertiary/aromatic N) is 1. The number of aliphatic hydroxyl groups is 1. The van der Waals surface area contributed by atoms with Crippen LogP contribution in [0.1, 0.15) is 51.5 Å². The lowest BCUT2D eigenvalue weighted by atomic mass is 9.58. The SMILES string of the molecule is CCC(C)(O)CC(N(C)C)C1(c2ccc(Cl)cc2)CCC1. The van der Waals surface area contributed by atoms with E-state index in [2.05, 4.69) is 38.1 Å². The molecular weight excluding hydrogens is 282 g/mol. The maximum Gasteiger partial charge on any atom is 0.0632 e. The summed E-state index contributed by atoms with van der Waals surface area (Å²) in [7, 11) is 4.26. The van der Waals surface area contributed by atoms with E-state index < -0.39 is 5.60 Å². The van der Waals surface area contributed by atoms with E-state index in [1.807, 2.05) is 19.1 Å². The van der Waals surface area contributed by atoms with Crippen LogP contribution in [0, 0.1) is 0 Å². The van der Waals surface area contributed by atoms with Gasteiger partial charge in [-0.15, -0.1) is 0 Å². The molecule has 3 heteroatoms. The first-order chi connectivity index (χ1) is 9.81. The Kier molecular flexibility index (Phi) is 5.02. The third kappa shape index (κ3) is 3.44. The highest BCUT2D eigenvalue weighted by atomic mass is 35.5. The summed E-state index contributed by atoms with van der Waals surface area (Å²) in [4.78, 5) is 2.29. The molecule has 2 rings (SSSR count). The Balaban J connectivity index is 2.33. The number of likely N-dealkylation sites (N-methyl/N-ethyl adjacent to an activating group) is 1. The van der Waals surface area contributed by atoms with E-state index in [9.17, 15) is 5.11 Å². The van der Waals surface area contributed by atoms with Gasteiger partial charge in [-0.25, -0.2) is 0 Å². The van der Waals surface area contributed by atoms with Gasteiger partial charge in [0.25, 0.3) is 0 Å². The first-order valence-corrected chi connectivity index (χ1v) is 8.33. The van der Waals surface area contributed by atoms with E-state index in [1.54, 1.807) is 0 Å². The summed E-state index contributed by atoms with van der Waals surface area (Å²) in [6.07, 6.45) is 5.24. The van der Waals surface area contributed by atoms with E-state index in [4.69, 9.17) is 11.6 Å². The highest BCUT2D eigenvalue weighted by Crippen LogP contribution is 2.50. The maximum absolute atomic E-state index is 10.6. The van der Waals surface area contributed by atoms with Gasteiger partial charge < -0.3 is 10.0 Å². The fourth-order valence-electron chi connectivity index (χ4n) is 3.59. The first kappa shape index (κ1) is 16.8. The van der Waals surface area contributed by atoms with Crippen LogP contribution >= 0.6 is 11.6 Å². The van der Waals surface area contributed by atoms with Crippen molar-refractivity contribution in [3.8, 4) is 0 Å². The molecule has 0 saturated heterocycles. The van der Waals surface area contributed by atoms with Gasteiger partial charge in [0.15, 0.2) is 0 Å². The Hall–Kier alpha value is -0.570. The molecule has 1 aromatic rings. The van der Waals surface area contributed by atoms with Crippen LogP contribution in [0.5, 0.6) is 0 Å². The molecule has 2 nitrogen and oxygen atoms in total. The second kappa shape index (κ2) is 6.28. The van der Waals surface area contributed by atoms with Crippen molar-refractivity contribution in [2.24, 2.45) is 0 Å². The molecule has 2 unspecified atom stereocenters. The van der Waals surface area contributed by atoms with E-state index in [-0.39, 0.29) is 5.41 Å². The van der Waals surface area contributed by atoms with E-state index in [0.717, 1.165) is 17.9 Å². The van der Waals surface area contributed by atoms with E-state index in [1.165, 1.54) is 24.8 Å². The predicted octanol–water partition coefficient (Wildman–Crippen LogP) is 4.24. The Morgan fingerprint density at radius 1 is 1.29 bits per heavy atom. The Morgan fingerprint density at radius 2 is 1.86 bits per heavy atom. The van der Waals surface area contributed by atoms with Gasteiger partial charge in [-0.1, -0.05) is 37.1 Å². The van der Waals surface area contributed by atoms with Crippen LogP contribution in [0.15, 0.2) is 24.3 Å². The fraction of sp³-hybridized carbons (Fsp3) is 0.667. The average Bonchev–Trinajstić information content (AvgIpc) is 2.38. The Morgan fingerprint density at radius 3 is 2.24 bits per heavy atom. The van der Waals surface area contributed by atoms with Crippen LogP contribution in [-0.4, -0.2) is 35.7 Å². The molecule has 1 fully saturated rings. The van der Waals surface area contributed by atoms with Crippen molar-refractivity contribution < 1.29 is 5.11 Å². The summed E-state index contributed by atoms with van der Waals surface area (Å²) in [5.41, 5.74) is 0.917. The summed E-state index contributed by atoms with van der Waals surface area (Å²) in [5.74, 6) is 0. The third-order valence-electron chi connectivity index (χ3n) is 5.32. The van der Waals surface area contributed by atoms with Crippen molar-refractivity contribution in [3.63, 3.8) is 0 Å². The van der Waals surface area contributed by atoms with Gasteiger partial charge in [-0.3, -0.25) is 0 Å². The van der Waals surface area contributed by atoms with Crippen LogP contribution in [-0.2, 0) is 5.41 Å². The number of benzene rings is 1. The van der Waals surface area contributed by atoms with Gasteiger partial charge >= 0.3 is 0 Å². The molecule has 1 N–H and O–H groups in total. The maximum atomic E-state index is 10.6. The Labute approximate surface area is 134 Å². The van der Waals surface area contributed by atoms with Crippen molar-refractivity contribution in [2.75, 3.05) is 14.1 Å². The van der Waals surface area contributed by atoms with Gasteiger partial charge in [-0.05, 0) is 64.4 Å². The topological polar surface area (TPSA) is 23.5 Å². The normalized spacial score (nSPS) is 21.7. The molecule has 1 aliphatic carbocycles. The molecule has 21 heavy (non-hydrogen) atoms. The second-order valence-electron chi connectivity index (χ2n) is 7.05. The van der Waals surface area contributed by atoms with Crippen molar-refractivity contribution >= 4 is 11.6 Å². The van der Waals surface area contributed by atoms with Gasteiger partial charge in [-0.2, -0.15) is 0 Å². The van der Waals surface area contributed by atoms with Crippen LogP contribution in [0.4, 0.5) is 0 Å². The molecule has 118 valence electrons. The predicted molar refractivity (Wildman–Crippen MR) is 90.0 cm³/mol. The van der Waals surface area contributed by atoms with Gasteiger partial charge in [0.1, 0.15) is 0 Å². The zero-order valence-electron chi connectivity index (χ0n) is 13.7.